The minimum Gasteiger partial charge on any atom is -0.494 e. The number of para-hydroxylation sites is 4. The van der Waals surface area contributed by atoms with Crippen LogP contribution in [0.2, 0.25) is 0 Å². The summed E-state index contributed by atoms with van der Waals surface area (Å²) in [5, 5.41) is 6.73. The summed E-state index contributed by atoms with van der Waals surface area (Å²) in [4.78, 5) is 15.0. The first-order valence-electron chi connectivity index (χ1n) is 10.9. The van der Waals surface area contributed by atoms with E-state index in [1.165, 1.54) is 4.90 Å². The van der Waals surface area contributed by atoms with Crippen molar-refractivity contribution in [3.8, 4) is 5.75 Å². The van der Waals surface area contributed by atoms with Crippen molar-refractivity contribution in [2.45, 2.75) is 6.61 Å². The van der Waals surface area contributed by atoms with Gasteiger partial charge in [0, 0.05) is 5.56 Å². The van der Waals surface area contributed by atoms with E-state index >= 15 is 0 Å². The Balaban J connectivity index is 1.61. The molecule has 0 unspecified atom stereocenters. The van der Waals surface area contributed by atoms with Gasteiger partial charge in [-0.2, -0.15) is 0 Å². The Hall–Kier alpha value is -4.58. The molecule has 1 amide bonds. The number of hydrazone groups is 1. The predicted octanol–water partition coefficient (Wildman–Crippen LogP) is 6.35. The monoisotopic (exact) mass is 449 g/mol. The van der Waals surface area contributed by atoms with Crippen LogP contribution in [0.4, 0.5) is 21.9 Å². The summed E-state index contributed by atoms with van der Waals surface area (Å²) in [6.07, 6.45) is -0.501. The topological polar surface area (TPSA) is 54.4 Å². The van der Waals surface area contributed by atoms with E-state index < -0.39 is 6.09 Å². The Bertz CT molecular complexity index is 1320. The Labute approximate surface area is 198 Å². The smallest absolute Gasteiger partial charge is 0.420 e. The number of nitrogens with zero attached hydrogens (tertiary/aromatic N) is 3. The van der Waals surface area contributed by atoms with Crippen LogP contribution in [0.1, 0.15) is 11.1 Å². The third-order valence-electron chi connectivity index (χ3n) is 5.49. The first-order valence-corrected chi connectivity index (χ1v) is 10.9. The number of fused-ring (bicyclic) bond motifs is 1. The number of anilines is 3. The molecule has 0 N–H and O–H groups in total. The lowest BCUT2D eigenvalue weighted by molar-refractivity contribution is 0.150. The van der Waals surface area contributed by atoms with Gasteiger partial charge in [-0.1, -0.05) is 84.9 Å². The fourth-order valence-electron chi connectivity index (χ4n) is 3.87. The Kier molecular flexibility index (Phi) is 5.95. The molecule has 4 aromatic rings. The molecule has 0 saturated heterocycles. The number of rotatable bonds is 5. The van der Waals surface area contributed by atoms with E-state index in [0.717, 1.165) is 22.5 Å². The maximum atomic E-state index is 13.5. The maximum absolute atomic E-state index is 13.5. The molecule has 0 bridgehead atoms. The Morgan fingerprint density at radius 1 is 0.735 bits per heavy atom. The van der Waals surface area contributed by atoms with Gasteiger partial charge in [0.15, 0.2) is 5.84 Å². The predicted molar refractivity (Wildman–Crippen MR) is 134 cm³/mol. The van der Waals surface area contributed by atoms with Gasteiger partial charge in [0.1, 0.15) is 18.0 Å². The average molecular weight is 450 g/mol. The summed E-state index contributed by atoms with van der Waals surface area (Å²) < 4.78 is 11.3. The van der Waals surface area contributed by atoms with E-state index in [1.54, 1.807) is 12.1 Å². The zero-order valence-electron chi connectivity index (χ0n) is 18.7. The lowest BCUT2D eigenvalue weighted by Crippen LogP contribution is -2.42. The Morgan fingerprint density at radius 2 is 1.32 bits per heavy atom. The molecule has 1 aliphatic rings. The number of amides is 1. The third-order valence-corrected chi connectivity index (χ3v) is 5.49. The standard InChI is InChI=1S/C28H23N3O3/c1-33-26-19-11-10-18-25(26)31-24-17-9-8-16-23(24)30(27(29-31)22-14-6-3-7-15-22)28(32)34-20-21-12-4-2-5-13-21/h2-19H,20H2,1H3. The number of methoxy groups -OCH3 is 1. The molecule has 5 rings (SSSR count). The lowest BCUT2D eigenvalue weighted by atomic mass is 10.1. The van der Waals surface area contributed by atoms with Crippen LogP contribution in [0.25, 0.3) is 0 Å². The van der Waals surface area contributed by atoms with Gasteiger partial charge in [-0.25, -0.2) is 14.7 Å². The van der Waals surface area contributed by atoms with E-state index in [-0.39, 0.29) is 6.61 Å². The van der Waals surface area contributed by atoms with Crippen LogP contribution >= 0.6 is 0 Å². The van der Waals surface area contributed by atoms with Crippen LogP contribution in [0, 0.1) is 0 Å². The van der Waals surface area contributed by atoms with E-state index in [1.807, 2.05) is 109 Å². The van der Waals surface area contributed by atoms with Crippen molar-refractivity contribution in [2.75, 3.05) is 17.0 Å². The van der Waals surface area contributed by atoms with Gasteiger partial charge in [0.05, 0.1) is 18.5 Å². The summed E-state index contributed by atoms with van der Waals surface area (Å²) >= 11 is 0. The van der Waals surface area contributed by atoms with Crippen molar-refractivity contribution in [1.82, 2.24) is 0 Å². The fraction of sp³-hybridized carbons (Fsp3) is 0.0714. The second kappa shape index (κ2) is 9.50. The van der Waals surface area contributed by atoms with Crippen LogP contribution < -0.4 is 14.6 Å². The van der Waals surface area contributed by atoms with Gasteiger partial charge in [-0.3, -0.25) is 0 Å². The number of amidine groups is 1. The number of hydrogen-bond acceptors (Lipinski definition) is 5. The SMILES string of the molecule is COc1ccccc1N1N=C(c2ccccc2)N(C(=O)OCc2ccccc2)c2ccccc21. The molecule has 4 aromatic carbocycles. The number of carbonyl (C=O) groups is 1. The molecule has 1 aliphatic heterocycles. The van der Waals surface area contributed by atoms with Crippen molar-refractivity contribution >= 4 is 29.0 Å². The van der Waals surface area contributed by atoms with Gasteiger partial charge in [0.25, 0.3) is 0 Å². The van der Waals surface area contributed by atoms with E-state index in [0.29, 0.717) is 17.3 Å². The van der Waals surface area contributed by atoms with Crippen LogP contribution in [-0.4, -0.2) is 19.0 Å². The molecule has 0 atom stereocenters. The van der Waals surface area contributed by atoms with Crippen molar-refractivity contribution in [1.29, 1.82) is 0 Å². The lowest BCUT2D eigenvalue weighted by Gasteiger charge is -2.35. The number of carbonyl (C=O) groups excluding carboxylic acids is 1. The normalized spacial score (nSPS) is 12.6. The molecule has 1 heterocycles. The van der Waals surface area contributed by atoms with E-state index in [2.05, 4.69) is 0 Å². The van der Waals surface area contributed by atoms with Gasteiger partial charge in [0.2, 0.25) is 0 Å². The van der Waals surface area contributed by atoms with Gasteiger partial charge >= 0.3 is 6.09 Å². The highest BCUT2D eigenvalue weighted by Gasteiger charge is 2.34. The highest BCUT2D eigenvalue weighted by Crippen LogP contribution is 2.42. The Morgan fingerprint density at radius 3 is 2.03 bits per heavy atom. The molecule has 168 valence electrons. The van der Waals surface area contributed by atoms with Gasteiger partial charge in [-0.05, 0) is 29.8 Å². The molecule has 0 fully saturated rings. The first-order chi connectivity index (χ1) is 16.8. The zero-order valence-corrected chi connectivity index (χ0v) is 18.7. The summed E-state index contributed by atoms with van der Waals surface area (Å²) in [6.45, 7) is 0.163. The quantitative estimate of drug-likeness (QED) is 0.356. The zero-order chi connectivity index (χ0) is 23.3. The molecule has 0 spiro atoms. The minimum absolute atomic E-state index is 0.163. The van der Waals surface area contributed by atoms with Crippen LogP contribution in [0.15, 0.2) is 114 Å². The number of benzene rings is 4. The second-order valence-electron chi connectivity index (χ2n) is 7.64. The molecule has 6 heteroatoms. The molecule has 0 aliphatic carbocycles. The molecular weight excluding hydrogens is 426 g/mol. The highest BCUT2D eigenvalue weighted by atomic mass is 16.6. The van der Waals surface area contributed by atoms with Crippen molar-refractivity contribution in [2.24, 2.45) is 5.10 Å². The second-order valence-corrected chi connectivity index (χ2v) is 7.64. The van der Waals surface area contributed by atoms with Crippen LogP contribution in [-0.2, 0) is 11.3 Å². The van der Waals surface area contributed by atoms with E-state index in [9.17, 15) is 4.79 Å². The van der Waals surface area contributed by atoms with Gasteiger partial charge in [-0.15, -0.1) is 5.10 Å². The van der Waals surface area contributed by atoms with Crippen LogP contribution in [0.5, 0.6) is 5.75 Å². The van der Waals surface area contributed by atoms with E-state index in [4.69, 9.17) is 14.6 Å². The number of hydrogen-bond donors (Lipinski definition) is 0. The highest BCUT2D eigenvalue weighted by molar-refractivity contribution is 6.25. The largest absolute Gasteiger partial charge is 0.494 e. The summed E-state index contributed by atoms with van der Waals surface area (Å²) in [5.41, 5.74) is 3.87. The van der Waals surface area contributed by atoms with Crippen molar-refractivity contribution in [3.63, 3.8) is 0 Å². The molecule has 0 saturated carbocycles. The van der Waals surface area contributed by atoms with Crippen molar-refractivity contribution < 1.29 is 14.3 Å². The molecule has 0 aromatic heterocycles. The maximum Gasteiger partial charge on any atom is 0.420 e. The number of ether oxygens (including phenoxy) is 2. The van der Waals surface area contributed by atoms with Gasteiger partial charge < -0.3 is 9.47 Å². The minimum atomic E-state index is -0.501. The molecular formula is C28H23N3O3. The molecule has 0 radical (unpaired) electrons. The first kappa shape index (κ1) is 21.3. The summed E-state index contributed by atoms with van der Waals surface area (Å²) in [6, 6.07) is 34.5. The summed E-state index contributed by atoms with van der Waals surface area (Å²) in [7, 11) is 1.63. The van der Waals surface area contributed by atoms with Crippen molar-refractivity contribution in [3.05, 3.63) is 120 Å². The molecule has 34 heavy (non-hydrogen) atoms. The summed E-state index contributed by atoms with van der Waals surface area (Å²) in [5.74, 6) is 1.14. The molecule has 6 nitrogen and oxygen atoms in total. The average Bonchev–Trinajstić information content (AvgIpc) is 2.92. The fourth-order valence-corrected chi connectivity index (χ4v) is 3.87. The van der Waals surface area contributed by atoms with Crippen LogP contribution in [0.3, 0.4) is 0 Å². The third kappa shape index (κ3) is 4.09.